The lowest BCUT2D eigenvalue weighted by atomic mass is 9.95. The number of rotatable bonds is 3. The van der Waals surface area contributed by atoms with Crippen LogP contribution in [0.1, 0.15) is 25.5 Å². The number of amides is 1. The maximum absolute atomic E-state index is 12.4. The van der Waals surface area contributed by atoms with Gasteiger partial charge in [-0.25, -0.2) is 0 Å². The summed E-state index contributed by atoms with van der Waals surface area (Å²) < 4.78 is 0. The summed E-state index contributed by atoms with van der Waals surface area (Å²) in [7, 11) is 1.89. The molecule has 1 fully saturated rings. The summed E-state index contributed by atoms with van der Waals surface area (Å²) in [6.07, 6.45) is 3.54. The van der Waals surface area contributed by atoms with Gasteiger partial charge in [0.05, 0.1) is 12.0 Å². The number of carbonyl (C=O) groups is 1. The van der Waals surface area contributed by atoms with E-state index in [9.17, 15) is 4.79 Å². The molecule has 98 valence electrons. The minimum absolute atomic E-state index is 0.0910. The molecule has 1 aromatic rings. The van der Waals surface area contributed by atoms with Gasteiger partial charge in [0.15, 0.2) is 0 Å². The maximum Gasteiger partial charge on any atom is 0.227 e. The van der Waals surface area contributed by atoms with Crippen molar-refractivity contribution >= 4 is 5.91 Å². The Kier molecular flexibility index (Phi) is 3.97. The molecule has 1 aliphatic heterocycles. The summed E-state index contributed by atoms with van der Waals surface area (Å²) >= 11 is 0. The molecule has 3 atom stereocenters. The summed E-state index contributed by atoms with van der Waals surface area (Å²) in [4.78, 5) is 18.3. The number of nitrogens with zero attached hydrogens (tertiary/aromatic N) is 2. The SMILES string of the molecule is CC(c1ccncc1)N(C)C(=O)[C@@H]1CNC[C@H]1C. The molecular formula is C14H21N3O. The van der Waals surface area contributed by atoms with Crippen LogP contribution in [0.25, 0.3) is 0 Å². The maximum atomic E-state index is 12.4. The van der Waals surface area contributed by atoms with Gasteiger partial charge in [-0.2, -0.15) is 0 Å². The second-order valence-electron chi connectivity index (χ2n) is 5.15. The van der Waals surface area contributed by atoms with E-state index in [4.69, 9.17) is 0 Å². The van der Waals surface area contributed by atoms with E-state index < -0.39 is 0 Å². The van der Waals surface area contributed by atoms with Gasteiger partial charge in [0.2, 0.25) is 5.91 Å². The topological polar surface area (TPSA) is 45.2 Å². The van der Waals surface area contributed by atoms with Gasteiger partial charge in [0.1, 0.15) is 0 Å². The Hall–Kier alpha value is -1.42. The largest absolute Gasteiger partial charge is 0.339 e. The Morgan fingerprint density at radius 1 is 1.44 bits per heavy atom. The zero-order valence-corrected chi connectivity index (χ0v) is 11.3. The Morgan fingerprint density at radius 2 is 2.11 bits per heavy atom. The van der Waals surface area contributed by atoms with Crippen LogP contribution in [0.15, 0.2) is 24.5 Å². The first-order valence-electron chi connectivity index (χ1n) is 6.48. The molecule has 1 saturated heterocycles. The van der Waals surface area contributed by atoms with Gasteiger partial charge in [0.25, 0.3) is 0 Å². The van der Waals surface area contributed by atoms with Crippen LogP contribution in [0.3, 0.4) is 0 Å². The first-order valence-corrected chi connectivity index (χ1v) is 6.48. The zero-order valence-electron chi connectivity index (χ0n) is 11.3. The molecule has 1 unspecified atom stereocenters. The molecule has 4 heteroatoms. The van der Waals surface area contributed by atoms with Crippen molar-refractivity contribution in [1.82, 2.24) is 15.2 Å². The molecule has 2 rings (SSSR count). The molecule has 0 aliphatic carbocycles. The van der Waals surface area contributed by atoms with Crippen molar-refractivity contribution in [3.8, 4) is 0 Å². The summed E-state index contributed by atoms with van der Waals surface area (Å²) in [5.74, 6) is 0.765. The highest BCUT2D eigenvalue weighted by Crippen LogP contribution is 2.24. The average Bonchev–Trinajstić information content (AvgIpc) is 2.83. The summed E-state index contributed by atoms with van der Waals surface area (Å²) in [6.45, 7) is 5.93. The lowest BCUT2D eigenvalue weighted by Crippen LogP contribution is -2.37. The highest BCUT2D eigenvalue weighted by Gasteiger charge is 2.33. The third-order valence-corrected chi connectivity index (χ3v) is 3.95. The van der Waals surface area contributed by atoms with E-state index in [0.717, 1.165) is 18.7 Å². The van der Waals surface area contributed by atoms with Crippen LogP contribution < -0.4 is 5.32 Å². The van der Waals surface area contributed by atoms with Gasteiger partial charge in [-0.05, 0) is 37.1 Å². The van der Waals surface area contributed by atoms with E-state index >= 15 is 0 Å². The standard InChI is InChI=1S/C14H21N3O/c1-10-8-16-9-13(10)14(18)17(3)11(2)12-4-6-15-7-5-12/h4-7,10-11,13,16H,8-9H2,1-3H3/t10-,11?,13-/m1/s1. The van der Waals surface area contributed by atoms with E-state index in [2.05, 4.69) is 24.1 Å². The molecule has 0 saturated carbocycles. The fraction of sp³-hybridized carbons (Fsp3) is 0.571. The fourth-order valence-corrected chi connectivity index (χ4v) is 2.46. The van der Waals surface area contributed by atoms with Crippen molar-refractivity contribution in [3.63, 3.8) is 0 Å². The van der Waals surface area contributed by atoms with Crippen LogP contribution in [0.2, 0.25) is 0 Å². The summed E-state index contributed by atoms with van der Waals surface area (Å²) in [5.41, 5.74) is 1.12. The number of hydrogen-bond acceptors (Lipinski definition) is 3. The van der Waals surface area contributed by atoms with Gasteiger partial charge < -0.3 is 10.2 Å². The normalized spacial score (nSPS) is 24.8. The van der Waals surface area contributed by atoms with Crippen molar-refractivity contribution in [2.24, 2.45) is 11.8 Å². The van der Waals surface area contributed by atoms with Crippen molar-refractivity contribution in [2.45, 2.75) is 19.9 Å². The molecule has 0 aromatic carbocycles. The van der Waals surface area contributed by atoms with E-state index in [1.165, 1.54) is 0 Å². The van der Waals surface area contributed by atoms with Gasteiger partial charge in [-0.3, -0.25) is 9.78 Å². The van der Waals surface area contributed by atoms with Crippen LogP contribution in [-0.2, 0) is 4.79 Å². The Balaban J connectivity index is 2.07. The Labute approximate surface area is 108 Å². The van der Waals surface area contributed by atoms with Crippen molar-refractivity contribution < 1.29 is 4.79 Å². The van der Waals surface area contributed by atoms with Gasteiger partial charge >= 0.3 is 0 Å². The summed E-state index contributed by atoms with van der Waals surface area (Å²) in [6, 6.07) is 4.02. The molecule has 0 spiro atoms. The van der Waals surface area contributed by atoms with Crippen LogP contribution in [0, 0.1) is 11.8 Å². The molecule has 1 N–H and O–H groups in total. The smallest absolute Gasteiger partial charge is 0.227 e. The number of aromatic nitrogens is 1. The number of nitrogens with one attached hydrogen (secondary N) is 1. The third kappa shape index (κ3) is 2.53. The molecule has 2 heterocycles. The second-order valence-corrected chi connectivity index (χ2v) is 5.15. The minimum atomic E-state index is 0.0910. The quantitative estimate of drug-likeness (QED) is 0.879. The second kappa shape index (κ2) is 5.48. The van der Waals surface area contributed by atoms with Crippen molar-refractivity contribution in [3.05, 3.63) is 30.1 Å². The lowest BCUT2D eigenvalue weighted by Gasteiger charge is -2.29. The van der Waals surface area contributed by atoms with Crippen LogP contribution >= 0.6 is 0 Å². The third-order valence-electron chi connectivity index (χ3n) is 3.95. The van der Waals surface area contributed by atoms with E-state index in [-0.39, 0.29) is 17.9 Å². The zero-order chi connectivity index (χ0) is 13.1. The molecule has 18 heavy (non-hydrogen) atoms. The first-order chi connectivity index (χ1) is 8.61. The molecular weight excluding hydrogens is 226 g/mol. The fourth-order valence-electron chi connectivity index (χ4n) is 2.46. The van der Waals surface area contributed by atoms with Crippen LogP contribution in [0.4, 0.5) is 0 Å². The molecule has 1 aliphatic rings. The van der Waals surface area contributed by atoms with Gasteiger partial charge in [0, 0.05) is 26.0 Å². The van der Waals surface area contributed by atoms with Crippen molar-refractivity contribution in [1.29, 1.82) is 0 Å². The number of pyridine rings is 1. The predicted molar refractivity (Wildman–Crippen MR) is 70.9 cm³/mol. The van der Waals surface area contributed by atoms with Gasteiger partial charge in [-0.15, -0.1) is 0 Å². The molecule has 0 bridgehead atoms. The first kappa shape index (κ1) is 13.0. The lowest BCUT2D eigenvalue weighted by molar-refractivity contribution is -0.136. The van der Waals surface area contributed by atoms with E-state index in [1.54, 1.807) is 12.4 Å². The van der Waals surface area contributed by atoms with E-state index in [0.29, 0.717) is 5.92 Å². The Bertz CT molecular complexity index is 407. The van der Waals surface area contributed by atoms with E-state index in [1.807, 2.05) is 24.1 Å². The number of hydrogen-bond donors (Lipinski definition) is 1. The predicted octanol–water partition coefficient (Wildman–Crippen LogP) is 1.46. The van der Waals surface area contributed by atoms with Crippen LogP contribution in [-0.4, -0.2) is 35.9 Å². The monoisotopic (exact) mass is 247 g/mol. The Morgan fingerprint density at radius 3 is 2.67 bits per heavy atom. The minimum Gasteiger partial charge on any atom is -0.339 e. The molecule has 1 amide bonds. The number of carbonyl (C=O) groups excluding carboxylic acids is 1. The van der Waals surface area contributed by atoms with Gasteiger partial charge in [-0.1, -0.05) is 6.92 Å². The highest BCUT2D eigenvalue weighted by molar-refractivity contribution is 5.80. The molecule has 4 nitrogen and oxygen atoms in total. The van der Waals surface area contributed by atoms with Crippen molar-refractivity contribution in [2.75, 3.05) is 20.1 Å². The molecule has 0 radical (unpaired) electrons. The average molecular weight is 247 g/mol. The summed E-state index contributed by atoms with van der Waals surface area (Å²) in [5, 5.41) is 3.28. The highest BCUT2D eigenvalue weighted by atomic mass is 16.2. The molecule has 1 aromatic heterocycles. The van der Waals surface area contributed by atoms with Crippen LogP contribution in [0.5, 0.6) is 0 Å².